The van der Waals surface area contributed by atoms with Gasteiger partial charge in [0.05, 0.1) is 6.04 Å². The van der Waals surface area contributed by atoms with Gasteiger partial charge in [0.15, 0.2) is 0 Å². The number of hydrogen-bond donors (Lipinski definition) is 0. The Morgan fingerprint density at radius 1 is 0.789 bits per heavy atom. The summed E-state index contributed by atoms with van der Waals surface area (Å²) in [5.41, 5.74) is 2.60. The number of carbonyl (C=O) groups is 1. The third-order valence-electron chi connectivity index (χ3n) is 7.80. The maximum atomic E-state index is 13.5. The first-order valence-corrected chi connectivity index (χ1v) is 13.4. The first-order valence-electron chi connectivity index (χ1n) is 13.4. The number of rotatable bonds is 6. The molecule has 0 saturated carbocycles. The summed E-state index contributed by atoms with van der Waals surface area (Å²) in [6, 6.07) is 23.6. The van der Waals surface area contributed by atoms with Gasteiger partial charge in [0.1, 0.15) is 24.3 Å². The predicted molar refractivity (Wildman–Crippen MR) is 147 cm³/mol. The summed E-state index contributed by atoms with van der Waals surface area (Å²) in [4.78, 5) is 33.3. The fourth-order valence-corrected chi connectivity index (χ4v) is 5.74. The predicted octanol–water partition coefficient (Wildman–Crippen LogP) is 3.81. The van der Waals surface area contributed by atoms with Crippen molar-refractivity contribution in [2.24, 2.45) is 5.92 Å². The molecule has 2 fully saturated rings. The van der Waals surface area contributed by atoms with Gasteiger partial charge in [0.2, 0.25) is 5.91 Å². The van der Waals surface area contributed by atoms with Crippen molar-refractivity contribution < 1.29 is 4.79 Å². The molecule has 8 heteroatoms. The number of anilines is 1. The normalized spacial score (nSPS) is 17.2. The lowest BCUT2D eigenvalue weighted by atomic mass is 9.94. The van der Waals surface area contributed by atoms with Crippen molar-refractivity contribution in [2.75, 3.05) is 44.2 Å². The van der Waals surface area contributed by atoms with Gasteiger partial charge in [-0.15, -0.1) is 0 Å². The van der Waals surface area contributed by atoms with Crippen LogP contribution < -0.4 is 4.90 Å². The van der Waals surface area contributed by atoms with Gasteiger partial charge in [-0.05, 0) is 24.0 Å². The molecule has 0 spiro atoms. The first kappa shape index (κ1) is 24.3. The summed E-state index contributed by atoms with van der Waals surface area (Å²) in [6.07, 6.45) is 8.64. The van der Waals surface area contributed by atoms with Crippen molar-refractivity contribution in [2.45, 2.75) is 18.9 Å². The molecule has 0 unspecified atom stereocenters. The van der Waals surface area contributed by atoms with Crippen LogP contribution in [0.5, 0.6) is 0 Å². The monoisotopic (exact) mass is 507 g/mol. The van der Waals surface area contributed by atoms with E-state index >= 15 is 0 Å². The van der Waals surface area contributed by atoms with Crippen LogP contribution in [0, 0.1) is 5.92 Å². The molecule has 0 aliphatic carbocycles. The second-order valence-corrected chi connectivity index (χ2v) is 10.1. The van der Waals surface area contributed by atoms with E-state index in [2.05, 4.69) is 90.3 Å². The van der Waals surface area contributed by atoms with Gasteiger partial charge in [-0.1, -0.05) is 60.7 Å². The van der Waals surface area contributed by atoms with E-state index in [4.69, 9.17) is 0 Å². The molecule has 38 heavy (non-hydrogen) atoms. The zero-order chi connectivity index (χ0) is 25.7. The number of hydrogen-bond acceptors (Lipinski definition) is 6. The number of imidazole rings is 1. The highest BCUT2D eigenvalue weighted by molar-refractivity contribution is 5.79. The lowest BCUT2D eigenvalue weighted by Gasteiger charge is -2.41. The Balaban J connectivity index is 1.06. The summed E-state index contributed by atoms with van der Waals surface area (Å²) < 4.78 is 1.88. The van der Waals surface area contributed by atoms with Crippen LogP contribution in [-0.4, -0.2) is 74.5 Å². The van der Waals surface area contributed by atoms with E-state index in [0.29, 0.717) is 5.91 Å². The van der Waals surface area contributed by atoms with Crippen LogP contribution in [0.25, 0.3) is 5.82 Å². The molecule has 1 amide bonds. The summed E-state index contributed by atoms with van der Waals surface area (Å²) >= 11 is 0. The van der Waals surface area contributed by atoms with Crippen LogP contribution in [0.15, 0.2) is 91.8 Å². The summed E-state index contributed by atoms with van der Waals surface area (Å²) in [7, 11) is 0. The SMILES string of the molecule is O=C(C1CCN(c2cc(-n3ccnc3)ncn2)CC1)N1CCN(C(c2ccccc2)c2ccccc2)CC1. The summed E-state index contributed by atoms with van der Waals surface area (Å²) in [6.45, 7) is 4.93. The molecule has 0 atom stereocenters. The molecule has 2 aliphatic rings. The number of piperazine rings is 1. The van der Waals surface area contributed by atoms with Gasteiger partial charge in [0.25, 0.3) is 0 Å². The molecule has 0 N–H and O–H groups in total. The second-order valence-electron chi connectivity index (χ2n) is 10.1. The molecule has 0 radical (unpaired) electrons. The van der Waals surface area contributed by atoms with Crippen LogP contribution in [0.3, 0.4) is 0 Å². The number of nitrogens with zero attached hydrogens (tertiary/aromatic N) is 7. The van der Waals surface area contributed by atoms with Crippen molar-refractivity contribution in [3.05, 3.63) is 103 Å². The Hall–Kier alpha value is -4.04. The minimum Gasteiger partial charge on any atom is -0.356 e. The second kappa shape index (κ2) is 11.1. The molecule has 4 aromatic rings. The molecule has 4 heterocycles. The zero-order valence-electron chi connectivity index (χ0n) is 21.5. The van der Waals surface area contributed by atoms with Crippen LogP contribution in [0.1, 0.15) is 30.0 Å². The van der Waals surface area contributed by atoms with Crippen molar-refractivity contribution in [1.82, 2.24) is 29.3 Å². The van der Waals surface area contributed by atoms with Gasteiger partial charge in [-0.3, -0.25) is 14.3 Å². The van der Waals surface area contributed by atoms with Crippen LogP contribution in [-0.2, 0) is 4.79 Å². The number of amides is 1. The standard InChI is InChI=1S/C30H33N7O/c38-30(26-11-14-34(15-12-26)27-21-28(33-22-32-27)37-16-13-31-23-37)36-19-17-35(18-20-36)29(24-7-3-1-4-8-24)25-9-5-2-6-10-25/h1-10,13,16,21-23,26,29H,11-12,14-15,17-20H2. The number of benzene rings is 2. The minimum atomic E-state index is 0.0757. The number of carbonyl (C=O) groups excluding carboxylic acids is 1. The van der Waals surface area contributed by atoms with E-state index in [0.717, 1.165) is 63.7 Å². The summed E-state index contributed by atoms with van der Waals surface area (Å²) in [5.74, 6) is 2.08. The summed E-state index contributed by atoms with van der Waals surface area (Å²) in [5, 5.41) is 0. The quantitative estimate of drug-likeness (QED) is 0.395. The van der Waals surface area contributed by atoms with Crippen molar-refractivity contribution in [3.63, 3.8) is 0 Å². The lowest BCUT2D eigenvalue weighted by molar-refractivity contribution is -0.138. The van der Waals surface area contributed by atoms with E-state index < -0.39 is 0 Å². The fraction of sp³-hybridized carbons (Fsp3) is 0.333. The molecule has 194 valence electrons. The molecule has 0 bridgehead atoms. The molecule has 2 aromatic carbocycles. The number of aromatic nitrogens is 4. The van der Waals surface area contributed by atoms with Gasteiger partial charge in [0, 0.05) is 63.6 Å². The highest BCUT2D eigenvalue weighted by Crippen LogP contribution is 2.30. The maximum absolute atomic E-state index is 13.5. The zero-order valence-corrected chi connectivity index (χ0v) is 21.5. The molecule has 2 saturated heterocycles. The average Bonchev–Trinajstić information content (AvgIpc) is 3.54. The van der Waals surface area contributed by atoms with Gasteiger partial charge < -0.3 is 9.80 Å². The third kappa shape index (κ3) is 5.17. The third-order valence-corrected chi connectivity index (χ3v) is 7.80. The van der Waals surface area contributed by atoms with E-state index in [1.807, 2.05) is 16.8 Å². The Kier molecular flexibility index (Phi) is 7.13. The van der Waals surface area contributed by atoms with E-state index in [-0.39, 0.29) is 12.0 Å². The van der Waals surface area contributed by atoms with Crippen LogP contribution in [0.4, 0.5) is 5.82 Å². The van der Waals surface area contributed by atoms with Gasteiger partial charge >= 0.3 is 0 Å². The Bertz CT molecular complexity index is 1270. The van der Waals surface area contributed by atoms with Gasteiger partial charge in [-0.2, -0.15) is 0 Å². The molecule has 8 nitrogen and oxygen atoms in total. The smallest absolute Gasteiger partial charge is 0.225 e. The lowest BCUT2D eigenvalue weighted by Crippen LogP contribution is -2.52. The molecule has 2 aliphatic heterocycles. The largest absolute Gasteiger partial charge is 0.356 e. The van der Waals surface area contributed by atoms with E-state index in [9.17, 15) is 4.79 Å². The highest BCUT2D eigenvalue weighted by atomic mass is 16.2. The molecular weight excluding hydrogens is 474 g/mol. The average molecular weight is 508 g/mol. The Morgan fingerprint density at radius 2 is 1.42 bits per heavy atom. The highest BCUT2D eigenvalue weighted by Gasteiger charge is 2.33. The van der Waals surface area contributed by atoms with Crippen LogP contribution in [0.2, 0.25) is 0 Å². The molecule has 2 aromatic heterocycles. The van der Waals surface area contributed by atoms with Crippen LogP contribution >= 0.6 is 0 Å². The number of piperidine rings is 1. The Morgan fingerprint density at radius 3 is 2.03 bits per heavy atom. The van der Waals surface area contributed by atoms with Gasteiger partial charge in [-0.25, -0.2) is 15.0 Å². The fourth-order valence-electron chi connectivity index (χ4n) is 5.74. The minimum absolute atomic E-state index is 0.0757. The molecule has 6 rings (SSSR count). The van der Waals surface area contributed by atoms with Crippen molar-refractivity contribution in [3.8, 4) is 5.82 Å². The van der Waals surface area contributed by atoms with Crippen molar-refractivity contribution >= 4 is 11.7 Å². The first-order chi connectivity index (χ1) is 18.8. The van der Waals surface area contributed by atoms with Crippen molar-refractivity contribution in [1.29, 1.82) is 0 Å². The van der Waals surface area contributed by atoms with E-state index in [1.165, 1.54) is 11.1 Å². The Labute approximate surface area is 223 Å². The maximum Gasteiger partial charge on any atom is 0.225 e. The topological polar surface area (TPSA) is 70.4 Å². The molecular formula is C30H33N7O. The van der Waals surface area contributed by atoms with E-state index in [1.54, 1.807) is 18.9 Å².